The molecule has 2 heterocycles. The Labute approximate surface area is 121 Å². The van der Waals surface area contributed by atoms with Crippen LogP contribution < -0.4 is 4.90 Å². The van der Waals surface area contributed by atoms with Gasteiger partial charge in [-0.25, -0.2) is 4.79 Å². The van der Waals surface area contributed by atoms with Gasteiger partial charge in [0.1, 0.15) is 0 Å². The molecule has 1 aromatic heterocycles. The largest absolute Gasteiger partial charge is 0.450 e. The summed E-state index contributed by atoms with van der Waals surface area (Å²) in [7, 11) is 0. The molecule has 1 aromatic carbocycles. The third-order valence-corrected chi connectivity index (χ3v) is 3.34. The lowest BCUT2D eigenvalue weighted by molar-refractivity contribution is -0.121. The minimum atomic E-state index is -0.684. The zero-order valence-corrected chi connectivity index (χ0v) is 11.5. The van der Waals surface area contributed by atoms with Gasteiger partial charge in [-0.2, -0.15) is 0 Å². The second kappa shape index (κ2) is 5.40. The molecule has 0 aliphatic carbocycles. The molecule has 0 radical (unpaired) electrons. The van der Waals surface area contributed by atoms with Gasteiger partial charge in [0.15, 0.2) is 6.61 Å². The van der Waals surface area contributed by atoms with Crippen LogP contribution >= 0.6 is 0 Å². The normalized spacial score (nSPS) is 13.1. The topological polar surface area (TPSA) is 72.6 Å². The average molecular weight is 286 g/mol. The molecule has 0 spiro atoms. The molecule has 1 amide bonds. The minimum absolute atomic E-state index is 0.00196. The summed E-state index contributed by atoms with van der Waals surface area (Å²) in [5, 5.41) is 3.60. The van der Waals surface area contributed by atoms with Crippen LogP contribution in [0.3, 0.4) is 0 Å². The Bertz CT molecular complexity index is 692. The van der Waals surface area contributed by atoms with Gasteiger partial charge in [0, 0.05) is 18.3 Å². The summed E-state index contributed by atoms with van der Waals surface area (Å²) in [4.78, 5) is 25.5. The highest BCUT2D eigenvalue weighted by Gasteiger charge is 2.25. The Hall–Kier alpha value is -2.63. The minimum Gasteiger partial charge on any atom is -0.450 e. The van der Waals surface area contributed by atoms with E-state index < -0.39 is 5.97 Å². The van der Waals surface area contributed by atoms with Crippen LogP contribution in [0.15, 0.2) is 34.9 Å². The second-order valence-electron chi connectivity index (χ2n) is 4.83. The predicted molar refractivity (Wildman–Crippen MR) is 74.0 cm³/mol. The molecule has 108 valence electrons. The van der Waals surface area contributed by atoms with Crippen molar-refractivity contribution in [2.24, 2.45) is 0 Å². The lowest BCUT2D eigenvalue weighted by Gasteiger charge is -2.16. The van der Waals surface area contributed by atoms with E-state index in [4.69, 9.17) is 9.26 Å². The Morgan fingerprint density at radius 1 is 1.38 bits per heavy atom. The highest BCUT2D eigenvalue weighted by Crippen LogP contribution is 2.27. The first-order chi connectivity index (χ1) is 10.1. The molecule has 1 aliphatic heterocycles. The van der Waals surface area contributed by atoms with Crippen molar-refractivity contribution < 1.29 is 18.8 Å². The maximum atomic E-state index is 12.2. The number of fused-ring (bicyclic) bond motifs is 1. The number of anilines is 1. The van der Waals surface area contributed by atoms with E-state index in [9.17, 15) is 9.59 Å². The van der Waals surface area contributed by atoms with Crippen LogP contribution in [0.4, 0.5) is 5.69 Å². The number of hydrogen-bond acceptors (Lipinski definition) is 5. The number of carbonyl (C=O) groups excluding carboxylic acids is 2. The van der Waals surface area contributed by atoms with E-state index in [1.807, 2.05) is 24.3 Å². The summed E-state index contributed by atoms with van der Waals surface area (Å²) < 4.78 is 9.76. The molecular weight excluding hydrogens is 272 g/mol. The molecule has 6 nitrogen and oxygen atoms in total. The van der Waals surface area contributed by atoms with Gasteiger partial charge in [0.2, 0.25) is 5.76 Å². The van der Waals surface area contributed by atoms with E-state index in [1.54, 1.807) is 11.8 Å². The molecule has 0 N–H and O–H groups in total. The smallest absolute Gasteiger partial charge is 0.377 e. The van der Waals surface area contributed by atoms with Crippen LogP contribution in [0.5, 0.6) is 0 Å². The molecular formula is C15H14N2O4. The Morgan fingerprint density at radius 3 is 2.95 bits per heavy atom. The molecule has 1 aliphatic rings. The van der Waals surface area contributed by atoms with Crippen molar-refractivity contribution >= 4 is 17.6 Å². The van der Waals surface area contributed by atoms with Crippen molar-refractivity contribution in [3.8, 4) is 0 Å². The van der Waals surface area contributed by atoms with Crippen molar-refractivity contribution in [1.29, 1.82) is 0 Å². The lowest BCUT2D eigenvalue weighted by Crippen LogP contribution is -2.33. The monoisotopic (exact) mass is 286 g/mol. The molecule has 0 saturated carbocycles. The molecule has 0 atom stereocenters. The van der Waals surface area contributed by atoms with Gasteiger partial charge >= 0.3 is 5.97 Å². The standard InChI is InChI=1S/C15H14N2O4/c1-10-8-13(21-16-10)15(19)20-9-14(18)17-7-6-11-4-2-3-5-12(11)17/h2-5,8H,6-7,9H2,1H3. The predicted octanol–water partition coefficient (Wildman–Crippen LogP) is 1.73. The van der Waals surface area contributed by atoms with Crippen molar-refractivity contribution in [2.45, 2.75) is 13.3 Å². The molecule has 0 saturated heterocycles. The van der Waals surface area contributed by atoms with Crippen molar-refractivity contribution in [2.75, 3.05) is 18.1 Å². The molecule has 3 rings (SSSR count). The molecule has 0 bridgehead atoms. The van der Waals surface area contributed by atoms with Crippen LogP contribution in [-0.2, 0) is 16.0 Å². The van der Waals surface area contributed by atoms with Crippen LogP contribution in [0.1, 0.15) is 21.8 Å². The Kier molecular flexibility index (Phi) is 3.43. The second-order valence-corrected chi connectivity index (χ2v) is 4.83. The fourth-order valence-electron chi connectivity index (χ4n) is 2.33. The van der Waals surface area contributed by atoms with Gasteiger partial charge in [-0.3, -0.25) is 4.79 Å². The highest BCUT2D eigenvalue weighted by atomic mass is 16.6. The molecule has 0 unspecified atom stereocenters. The highest BCUT2D eigenvalue weighted by molar-refractivity contribution is 5.98. The number of rotatable bonds is 3. The van der Waals surface area contributed by atoms with Crippen molar-refractivity contribution in [3.63, 3.8) is 0 Å². The lowest BCUT2D eigenvalue weighted by atomic mass is 10.2. The molecule has 0 fully saturated rings. The molecule has 2 aromatic rings. The van der Waals surface area contributed by atoms with Gasteiger partial charge in [0.05, 0.1) is 5.69 Å². The number of para-hydroxylation sites is 1. The fourth-order valence-corrected chi connectivity index (χ4v) is 2.33. The van der Waals surface area contributed by atoms with Gasteiger partial charge in [-0.1, -0.05) is 23.4 Å². The SMILES string of the molecule is Cc1cc(C(=O)OCC(=O)N2CCc3ccccc32)on1. The molecule has 6 heteroatoms. The third-order valence-electron chi connectivity index (χ3n) is 3.34. The van der Waals surface area contributed by atoms with E-state index in [1.165, 1.54) is 6.07 Å². The van der Waals surface area contributed by atoms with Gasteiger partial charge in [0.25, 0.3) is 5.91 Å². The van der Waals surface area contributed by atoms with E-state index in [-0.39, 0.29) is 18.3 Å². The van der Waals surface area contributed by atoms with Gasteiger partial charge in [-0.15, -0.1) is 0 Å². The number of nitrogens with zero attached hydrogens (tertiary/aromatic N) is 2. The van der Waals surface area contributed by atoms with E-state index >= 15 is 0 Å². The molecule has 21 heavy (non-hydrogen) atoms. The number of carbonyl (C=O) groups is 2. The summed E-state index contributed by atoms with van der Waals surface area (Å²) in [5.74, 6) is -0.928. The summed E-state index contributed by atoms with van der Waals surface area (Å²) in [6, 6.07) is 9.18. The van der Waals surface area contributed by atoms with Crippen LogP contribution in [-0.4, -0.2) is 30.2 Å². The van der Waals surface area contributed by atoms with Crippen LogP contribution in [0.25, 0.3) is 0 Å². The Balaban J connectivity index is 1.62. The van der Waals surface area contributed by atoms with Crippen LogP contribution in [0, 0.1) is 6.92 Å². The summed E-state index contributed by atoms with van der Waals surface area (Å²) in [6.07, 6.45) is 0.817. The average Bonchev–Trinajstić information content (AvgIpc) is 3.10. The summed E-state index contributed by atoms with van der Waals surface area (Å²) >= 11 is 0. The van der Waals surface area contributed by atoms with Crippen LogP contribution in [0.2, 0.25) is 0 Å². The maximum absolute atomic E-state index is 12.2. The van der Waals surface area contributed by atoms with Gasteiger partial charge < -0.3 is 14.2 Å². The van der Waals surface area contributed by atoms with Crippen molar-refractivity contribution in [1.82, 2.24) is 5.16 Å². The zero-order chi connectivity index (χ0) is 14.8. The van der Waals surface area contributed by atoms with Crippen molar-refractivity contribution in [3.05, 3.63) is 47.3 Å². The maximum Gasteiger partial charge on any atom is 0.377 e. The third kappa shape index (κ3) is 2.65. The summed E-state index contributed by atoms with van der Waals surface area (Å²) in [5.41, 5.74) is 2.60. The first-order valence-corrected chi connectivity index (χ1v) is 6.64. The first-order valence-electron chi connectivity index (χ1n) is 6.64. The number of hydrogen-bond donors (Lipinski definition) is 0. The fraction of sp³-hybridized carbons (Fsp3) is 0.267. The van der Waals surface area contributed by atoms with E-state index in [2.05, 4.69) is 5.16 Å². The quantitative estimate of drug-likeness (QED) is 0.803. The number of aryl methyl sites for hydroxylation is 1. The van der Waals surface area contributed by atoms with E-state index in [0.29, 0.717) is 12.2 Å². The zero-order valence-electron chi connectivity index (χ0n) is 11.5. The summed E-state index contributed by atoms with van der Waals surface area (Å²) in [6.45, 7) is 2.00. The number of benzene rings is 1. The Morgan fingerprint density at radius 2 is 2.19 bits per heavy atom. The first kappa shape index (κ1) is 13.4. The number of aromatic nitrogens is 1. The van der Waals surface area contributed by atoms with E-state index in [0.717, 1.165) is 17.7 Å². The number of ether oxygens (including phenoxy) is 1. The van der Waals surface area contributed by atoms with Gasteiger partial charge in [-0.05, 0) is 25.0 Å². The number of amides is 1. The number of esters is 1.